The standard InChI is InChI=1S/C26H22ClFN2O3/c1-15(2)33-21-12-9-19(10-13-21)29-24-23(17-5-7-18(28)8-6-17)25(31)30(26(24)32)20-11-4-16(3)22(27)14-20/h4-15,29H,1-3H3. The molecule has 1 aliphatic rings. The van der Waals surface area contributed by atoms with Crippen LogP contribution >= 0.6 is 11.6 Å². The molecule has 3 aromatic carbocycles. The second-order valence-electron chi connectivity index (χ2n) is 7.95. The molecular formula is C26H22ClFN2O3. The fourth-order valence-electron chi connectivity index (χ4n) is 3.52. The molecular weight excluding hydrogens is 443 g/mol. The number of hydrogen-bond acceptors (Lipinski definition) is 4. The molecule has 7 heteroatoms. The number of carbonyl (C=O) groups is 2. The van der Waals surface area contributed by atoms with Gasteiger partial charge in [0, 0.05) is 10.7 Å². The van der Waals surface area contributed by atoms with E-state index in [1.165, 1.54) is 24.3 Å². The molecule has 0 saturated heterocycles. The zero-order valence-corrected chi connectivity index (χ0v) is 19.1. The number of hydrogen-bond donors (Lipinski definition) is 1. The maximum atomic E-state index is 13.5. The van der Waals surface area contributed by atoms with Crippen molar-refractivity contribution >= 4 is 40.4 Å². The van der Waals surface area contributed by atoms with Crippen molar-refractivity contribution in [2.45, 2.75) is 26.9 Å². The fourth-order valence-corrected chi connectivity index (χ4v) is 3.69. The number of benzene rings is 3. The van der Waals surface area contributed by atoms with E-state index >= 15 is 0 Å². The largest absolute Gasteiger partial charge is 0.491 e. The highest BCUT2D eigenvalue weighted by Crippen LogP contribution is 2.35. The number of ether oxygens (including phenoxy) is 1. The topological polar surface area (TPSA) is 58.6 Å². The summed E-state index contributed by atoms with van der Waals surface area (Å²) in [7, 11) is 0. The first-order valence-electron chi connectivity index (χ1n) is 10.4. The van der Waals surface area contributed by atoms with E-state index in [1.54, 1.807) is 42.5 Å². The van der Waals surface area contributed by atoms with Crippen molar-refractivity contribution in [3.63, 3.8) is 0 Å². The van der Waals surface area contributed by atoms with E-state index in [4.69, 9.17) is 16.3 Å². The highest BCUT2D eigenvalue weighted by Gasteiger charge is 2.40. The highest BCUT2D eigenvalue weighted by molar-refractivity contribution is 6.46. The lowest BCUT2D eigenvalue weighted by Gasteiger charge is -2.16. The minimum atomic E-state index is -0.526. The van der Waals surface area contributed by atoms with Crippen LogP contribution in [0.4, 0.5) is 15.8 Å². The minimum absolute atomic E-state index is 0.0283. The van der Waals surface area contributed by atoms with Crippen molar-refractivity contribution < 1.29 is 18.7 Å². The van der Waals surface area contributed by atoms with Gasteiger partial charge in [-0.05, 0) is 80.4 Å². The number of amides is 2. The van der Waals surface area contributed by atoms with Crippen molar-refractivity contribution in [2.24, 2.45) is 0 Å². The van der Waals surface area contributed by atoms with Crippen LogP contribution < -0.4 is 15.0 Å². The molecule has 0 fully saturated rings. The molecule has 1 N–H and O–H groups in total. The third kappa shape index (κ3) is 4.61. The molecule has 0 spiro atoms. The number of aryl methyl sites for hydroxylation is 1. The van der Waals surface area contributed by atoms with Crippen molar-refractivity contribution in [2.75, 3.05) is 10.2 Å². The van der Waals surface area contributed by atoms with E-state index in [2.05, 4.69) is 5.32 Å². The molecule has 0 aliphatic carbocycles. The molecule has 168 valence electrons. The SMILES string of the molecule is Cc1ccc(N2C(=O)C(Nc3ccc(OC(C)C)cc3)=C(c3ccc(F)cc3)C2=O)cc1Cl. The van der Waals surface area contributed by atoms with E-state index in [0.717, 1.165) is 10.5 Å². The first kappa shape index (κ1) is 22.6. The van der Waals surface area contributed by atoms with Gasteiger partial charge in [0.1, 0.15) is 17.3 Å². The quantitative estimate of drug-likeness (QED) is 0.456. The van der Waals surface area contributed by atoms with E-state index in [0.29, 0.717) is 27.7 Å². The Morgan fingerprint density at radius 1 is 0.939 bits per heavy atom. The Labute approximate surface area is 196 Å². The van der Waals surface area contributed by atoms with Gasteiger partial charge >= 0.3 is 0 Å². The molecule has 5 nitrogen and oxygen atoms in total. The molecule has 2 amide bonds. The lowest BCUT2D eigenvalue weighted by molar-refractivity contribution is -0.120. The summed E-state index contributed by atoms with van der Waals surface area (Å²) in [6.45, 7) is 5.70. The summed E-state index contributed by atoms with van der Waals surface area (Å²) in [5.74, 6) is -0.794. The third-order valence-electron chi connectivity index (χ3n) is 5.13. The van der Waals surface area contributed by atoms with Crippen molar-refractivity contribution in [1.29, 1.82) is 0 Å². The summed E-state index contributed by atoms with van der Waals surface area (Å²) in [6.07, 6.45) is 0.0283. The molecule has 33 heavy (non-hydrogen) atoms. The number of carbonyl (C=O) groups excluding carboxylic acids is 2. The molecule has 1 heterocycles. The molecule has 0 unspecified atom stereocenters. The number of rotatable bonds is 6. The lowest BCUT2D eigenvalue weighted by Crippen LogP contribution is -2.32. The number of halogens is 2. The van der Waals surface area contributed by atoms with E-state index in [9.17, 15) is 14.0 Å². The summed E-state index contributed by atoms with van der Waals surface area (Å²) < 4.78 is 19.2. The molecule has 4 rings (SSSR count). The monoisotopic (exact) mass is 464 g/mol. The first-order valence-corrected chi connectivity index (χ1v) is 10.8. The molecule has 0 saturated carbocycles. The number of nitrogens with one attached hydrogen (secondary N) is 1. The van der Waals surface area contributed by atoms with Crippen LogP contribution in [0.15, 0.2) is 72.4 Å². The van der Waals surface area contributed by atoms with Crippen LogP contribution in [-0.4, -0.2) is 17.9 Å². The maximum Gasteiger partial charge on any atom is 0.282 e. The van der Waals surface area contributed by atoms with Crippen LogP contribution in [0.5, 0.6) is 5.75 Å². The zero-order chi connectivity index (χ0) is 23.7. The van der Waals surface area contributed by atoms with Crippen LogP contribution in [0, 0.1) is 12.7 Å². The minimum Gasteiger partial charge on any atom is -0.491 e. The van der Waals surface area contributed by atoms with Crippen molar-refractivity contribution in [3.8, 4) is 5.75 Å². The average Bonchev–Trinajstić information content (AvgIpc) is 3.01. The van der Waals surface area contributed by atoms with E-state index in [1.807, 2.05) is 20.8 Å². The van der Waals surface area contributed by atoms with Gasteiger partial charge in [0.25, 0.3) is 11.8 Å². The van der Waals surface area contributed by atoms with E-state index < -0.39 is 17.6 Å². The summed E-state index contributed by atoms with van der Waals surface area (Å²) >= 11 is 6.24. The van der Waals surface area contributed by atoms with Crippen LogP contribution in [0.25, 0.3) is 5.57 Å². The number of imide groups is 1. The Balaban J connectivity index is 1.75. The molecule has 0 atom stereocenters. The van der Waals surface area contributed by atoms with Gasteiger partial charge in [0.15, 0.2) is 0 Å². The molecule has 1 aliphatic heterocycles. The Bertz CT molecular complexity index is 1250. The second kappa shape index (κ2) is 9.08. The molecule has 0 aromatic heterocycles. The van der Waals surface area contributed by atoms with Gasteiger partial charge in [-0.2, -0.15) is 0 Å². The van der Waals surface area contributed by atoms with Gasteiger partial charge in [-0.1, -0.05) is 29.8 Å². The molecule has 3 aromatic rings. The Morgan fingerprint density at radius 3 is 2.21 bits per heavy atom. The van der Waals surface area contributed by atoms with Crippen LogP contribution in [0.1, 0.15) is 25.0 Å². The molecule has 0 bridgehead atoms. The number of anilines is 2. The van der Waals surface area contributed by atoms with Gasteiger partial charge < -0.3 is 10.1 Å². The average molecular weight is 465 g/mol. The van der Waals surface area contributed by atoms with E-state index in [-0.39, 0.29) is 17.4 Å². The van der Waals surface area contributed by atoms with Gasteiger partial charge in [-0.25, -0.2) is 9.29 Å². The third-order valence-corrected chi connectivity index (χ3v) is 5.53. The zero-order valence-electron chi connectivity index (χ0n) is 18.4. The maximum absolute atomic E-state index is 13.5. The van der Waals surface area contributed by atoms with Crippen molar-refractivity contribution in [1.82, 2.24) is 0 Å². The highest BCUT2D eigenvalue weighted by atomic mass is 35.5. The Kier molecular flexibility index (Phi) is 6.20. The van der Waals surface area contributed by atoms with Gasteiger partial charge in [0.05, 0.1) is 17.4 Å². The lowest BCUT2D eigenvalue weighted by atomic mass is 10.0. The predicted molar refractivity (Wildman–Crippen MR) is 128 cm³/mol. The van der Waals surface area contributed by atoms with Gasteiger partial charge in [-0.15, -0.1) is 0 Å². The summed E-state index contributed by atoms with van der Waals surface area (Å²) in [6, 6.07) is 17.5. The summed E-state index contributed by atoms with van der Waals surface area (Å²) in [4.78, 5) is 27.9. The van der Waals surface area contributed by atoms with Crippen molar-refractivity contribution in [3.05, 3.63) is 94.4 Å². The Morgan fingerprint density at radius 2 is 1.61 bits per heavy atom. The fraction of sp³-hybridized carbons (Fsp3) is 0.154. The van der Waals surface area contributed by atoms with Crippen LogP contribution in [0.3, 0.4) is 0 Å². The smallest absolute Gasteiger partial charge is 0.282 e. The molecule has 0 radical (unpaired) electrons. The van der Waals surface area contributed by atoms with Gasteiger partial charge in [-0.3, -0.25) is 9.59 Å². The second-order valence-corrected chi connectivity index (χ2v) is 8.36. The first-order chi connectivity index (χ1) is 15.7. The number of nitrogens with zero attached hydrogens (tertiary/aromatic N) is 1. The van der Waals surface area contributed by atoms with Crippen LogP contribution in [0.2, 0.25) is 5.02 Å². The normalized spacial score (nSPS) is 13.8. The summed E-state index contributed by atoms with van der Waals surface area (Å²) in [5, 5.41) is 3.52. The summed E-state index contributed by atoms with van der Waals surface area (Å²) in [5.41, 5.74) is 2.47. The van der Waals surface area contributed by atoms with Gasteiger partial charge in [0.2, 0.25) is 0 Å². The predicted octanol–water partition coefficient (Wildman–Crippen LogP) is 5.97. The Hall–Kier alpha value is -3.64. The van der Waals surface area contributed by atoms with Crippen LogP contribution in [-0.2, 0) is 9.59 Å².